The first-order chi connectivity index (χ1) is 8.29. The van der Waals surface area contributed by atoms with Crippen molar-refractivity contribution in [3.8, 4) is 11.8 Å². The minimum Gasteiger partial charge on any atom is -0.492 e. The molecule has 0 amide bonds. The first kappa shape index (κ1) is 11.9. The third-order valence-electron chi connectivity index (χ3n) is 3.16. The van der Waals surface area contributed by atoms with Crippen LogP contribution in [0.15, 0.2) is 18.2 Å². The van der Waals surface area contributed by atoms with Gasteiger partial charge in [0.05, 0.1) is 11.6 Å². The third kappa shape index (κ3) is 3.21. The predicted molar refractivity (Wildman–Crippen MR) is 67.0 cm³/mol. The lowest BCUT2D eigenvalue weighted by Gasteiger charge is -2.23. The summed E-state index contributed by atoms with van der Waals surface area (Å²) in [6.07, 6.45) is 3.75. The Labute approximate surface area is 102 Å². The van der Waals surface area contributed by atoms with Gasteiger partial charge in [0.25, 0.3) is 0 Å². The van der Waals surface area contributed by atoms with Crippen molar-refractivity contribution in [2.45, 2.75) is 32.2 Å². The molecule has 1 aromatic rings. The maximum Gasteiger partial charge on any atom is 0.122 e. The molecular weight excluding hydrogens is 212 g/mol. The molecule has 0 aromatic heterocycles. The number of nitriles is 1. The Balaban J connectivity index is 1.92. The normalized spacial score (nSPS) is 19.6. The van der Waals surface area contributed by atoms with Crippen LogP contribution in [0.1, 0.15) is 30.4 Å². The molecule has 2 rings (SSSR count). The maximum absolute atomic E-state index is 8.79. The van der Waals surface area contributed by atoms with E-state index in [1.165, 1.54) is 19.3 Å². The molecule has 1 fully saturated rings. The maximum atomic E-state index is 8.79. The summed E-state index contributed by atoms with van der Waals surface area (Å²) in [4.78, 5) is 0. The van der Waals surface area contributed by atoms with E-state index in [9.17, 15) is 0 Å². The second-order valence-corrected chi connectivity index (χ2v) is 4.55. The van der Waals surface area contributed by atoms with Gasteiger partial charge in [-0.25, -0.2) is 0 Å². The van der Waals surface area contributed by atoms with Crippen LogP contribution in [0.5, 0.6) is 5.75 Å². The molecule has 0 saturated carbocycles. The lowest BCUT2D eigenvalue weighted by atomic mass is 10.1. The van der Waals surface area contributed by atoms with Gasteiger partial charge in [0.1, 0.15) is 12.4 Å². The molecule has 0 radical (unpaired) electrons. The Morgan fingerprint density at radius 1 is 1.47 bits per heavy atom. The number of ether oxygens (including phenoxy) is 1. The molecule has 3 nitrogen and oxygen atoms in total. The lowest BCUT2D eigenvalue weighted by molar-refractivity contribution is 0.238. The summed E-state index contributed by atoms with van der Waals surface area (Å²) in [6, 6.07) is 8.16. The van der Waals surface area contributed by atoms with Crippen molar-refractivity contribution in [1.29, 1.82) is 5.26 Å². The monoisotopic (exact) mass is 230 g/mol. The molecule has 1 aromatic carbocycles. The van der Waals surface area contributed by atoms with Gasteiger partial charge in [0.2, 0.25) is 0 Å². The first-order valence-electron chi connectivity index (χ1n) is 6.16. The van der Waals surface area contributed by atoms with E-state index in [2.05, 4.69) is 11.4 Å². The van der Waals surface area contributed by atoms with Gasteiger partial charge in [-0.3, -0.25) is 0 Å². The highest BCUT2D eigenvalue weighted by Crippen LogP contribution is 2.19. The average molecular weight is 230 g/mol. The predicted octanol–water partition coefficient (Wildman–Crippen LogP) is 2.39. The van der Waals surface area contributed by atoms with Gasteiger partial charge in [-0.15, -0.1) is 0 Å². The standard InChI is InChI=1S/C14H18N2O/c1-11-8-12(9-15)5-6-14(11)17-10-13-4-2-3-7-16-13/h5-6,8,13,16H,2-4,7,10H2,1H3. The van der Waals surface area contributed by atoms with E-state index in [0.717, 1.165) is 17.9 Å². The van der Waals surface area contributed by atoms with Crippen LogP contribution in [0, 0.1) is 18.3 Å². The van der Waals surface area contributed by atoms with Crippen LogP contribution < -0.4 is 10.1 Å². The molecule has 1 aliphatic rings. The largest absolute Gasteiger partial charge is 0.492 e. The molecule has 1 atom stereocenters. The Hall–Kier alpha value is -1.53. The van der Waals surface area contributed by atoms with E-state index < -0.39 is 0 Å². The van der Waals surface area contributed by atoms with Crippen LogP contribution in [0.4, 0.5) is 0 Å². The highest BCUT2D eigenvalue weighted by Gasteiger charge is 2.13. The molecule has 17 heavy (non-hydrogen) atoms. The zero-order chi connectivity index (χ0) is 12.1. The molecule has 0 bridgehead atoms. The number of hydrogen-bond donors (Lipinski definition) is 1. The van der Waals surface area contributed by atoms with Crippen molar-refractivity contribution in [1.82, 2.24) is 5.32 Å². The summed E-state index contributed by atoms with van der Waals surface area (Å²) in [5.41, 5.74) is 1.71. The average Bonchev–Trinajstić information content (AvgIpc) is 2.38. The van der Waals surface area contributed by atoms with Gasteiger partial charge in [-0.1, -0.05) is 6.42 Å². The van der Waals surface area contributed by atoms with Gasteiger partial charge in [0.15, 0.2) is 0 Å². The molecular formula is C14H18N2O. The van der Waals surface area contributed by atoms with Gasteiger partial charge in [-0.2, -0.15) is 5.26 Å². The fourth-order valence-corrected chi connectivity index (χ4v) is 2.14. The van der Waals surface area contributed by atoms with Crippen molar-refractivity contribution >= 4 is 0 Å². The molecule has 90 valence electrons. The minimum absolute atomic E-state index is 0.471. The van der Waals surface area contributed by atoms with Crippen molar-refractivity contribution < 1.29 is 4.74 Å². The van der Waals surface area contributed by atoms with Crippen LogP contribution in [0.2, 0.25) is 0 Å². The van der Waals surface area contributed by atoms with Crippen LogP contribution in [0.3, 0.4) is 0 Å². The summed E-state index contributed by atoms with van der Waals surface area (Å²) in [6.45, 7) is 3.79. The molecule has 1 aliphatic heterocycles. The highest BCUT2D eigenvalue weighted by atomic mass is 16.5. The van der Waals surface area contributed by atoms with Crippen LogP contribution in [-0.4, -0.2) is 19.2 Å². The zero-order valence-electron chi connectivity index (χ0n) is 10.2. The van der Waals surface area contributed by atoms with Gasteiger partial charge >= 0.3 is 0 Å². The molecule has 1 heterocycles. The second-order valence-electron chi connectivity index (χ2n) is 4.55. The summed E-state index contributed by atoms with van der Waals surface area (Å²) in [7, 11) is 0. The lowest BCUT2D eigenvalue weighted by Crippen LogP contribution is -2.38. The van der Waals surface area contributed by atoms with Crippen LogP contribution >= 0.6 is 0 Å². The SMILES string of the molecule is Cc1cc(C#N)ccc1OCC1CCCCN1. The van der Waals surface area contributed by atoms with Gasteiger partial charge in [0, 0.05) is 6.04 Å². The number of nitrogens with one attached hydrogen (secondary N) is 1. The first-order valence-corrected chi connectivity index (χ1v) is 6.16. The van der Waals surface area contributed by atoms with E-state index in [1.54, 1.807) is 6.07 Å². The van der Waals surface area contributed by atoms with Crippen molar-refractivity contribution in [3.63, 3.8) is 0 Å². The fraction of sp³-hybridized carbons (Fsp3) is 0.500. The van der Waals surface area contributed by atoms with E-state index in [1.807, 2.05) is 19.1 Å². The summed E-state index contributed by atoms with van der Waals surface area (Å²) in [5.74, 6) is 0.886. The summed E-state index contributed by atoms with van der Waals surface area (Å²) < 4.78 is 5.80. The molecule has 3 heteroatoms. The molecule has 1 saturated heterocycles. The van der Waals surface area contributed by atoms with E-state index in [-0.39, 0.29) is 0 Å². The van der Waals surface area contributed by atoms with Gasteiger partial charge < -0.3 is 10.1 Å². The number of nitrogens with zero attached hydrogens (tertiary/aromatic N) is 1. The molecule has 1 N–H and O–H groups in total. The Bertz CT molecular complexity index is 417. The topological polar surface area (TPSA) is 45.0 Å². The van der Waals surface area contributed by atoms with Crippen molar-refractivity contribution in [3.05, 3.63) is 29.3 Å². The molecule has 0 spiro atoms. The highest BCUT2D eigenvalue weighted by molar-refractivity contribution is 5.41. The fourth-order valence-electron chi connectivity index (χ4n) is 2.14. The number of piperidine rings is 1. The van der Waals surface area contributed by atoms with Crippen molar-refractivity contribution in [2.24, 2.45) is 0 Å². The summed E-state index contributed by atoms with van der Waals surface area (Å²) >= 11 is 0. The van der Waals surface area contributed by atoms with Crippen LogP contribution in [-0.2, 0) is 0 Å². The molecule has 0 aliphatic carbocycles. The van der Waals surface area contributed by atoms with Crippen molar-refractivity contribution in [2.75, 3.05) is 13.2 Å². The van der Waals surface area contributed by atoms with E-state index in [0.29, 0.717) is 18.2 Å². The minimum atomic E-state index is 0.471. The third-order valence-corrected chi connectivity index (χ3v) is 3.16. The number of benzene rings is 1. The zero-order valence-corrected chi connectivity index (χ0v) is 10.2. The quantitative estimate of drug-likeness (QED) is 0.867. The number of rotatable bonds is 3. The smallest absolute Gasteiger partial charge is 0.122 e. The Kier molecular flexibility index (Phi) is 4.00. The van der Waals surface area contributed by atoms with Crippen LogP contribution in [0.25, 0.3) is 0 Å². The number of aryl methyl sites for hydroxylation is 1. The molecule has 1 unspecified atom stereocenters. The number of hydrogen-bond acceptors (Lipinski definition) is 3. The summed E-state index contributed by atoms with van der Waals surface area (Å²) in [5, 5.41) is 12.2. The Morgan fingerprint density at radius 3 is 3.00 bits per heavy atom. The second kappa shape index (κ2) is 5.70. The van der Waals surface area contributed by atoms with E-state index in [4.69, 9.17) is 10.00 Å². The van der Waals surface area contributed by atoms with E-state index >= 15 is 0 Å². The Morgan fingerprint density at radius 2 is 2.35 bits per heavy atom. The van der Waals surface area contributed by atoms with Gasteiger partial charge in [-0.05, 0) is 50.1 Å².